The number of rotatable bonds is 0. The van der Waals surface area contributed by atoms with Gasteiger partial charge in [0.2, 0.25) is 0 Å². The molecule has 0 saturated carbocycles. The molecule has 0 aliphatic carbocycles. The number of fused-ring (bicyclic) bond motifs is 1. The van der Waals surface area contributed by atoms with E-state index in [0.29, 0.717) is 6.04 Å². The fourth-order valence-corrected chi connectivity index (χ4v) is 1.79. The maximum Gasteiger partial charge on any atom is 0.142 e. The van der Waals surface area contributed by atoms with Crippen molar-refractivity contribution in [2.45, 2.75) is 19.4 Å². The van der Waals surface area contributed by atoms with Gasteiger partial charge in [-0.25, -0.2) is 4.39 Å². The van der Waals surface area contributed by atoms with E-state index < -0.39 is 0 Å². The molecule has 0 radical (unpaired) electrons. The minimum Gasteiger partial charge on any atom is -0.382 e. The van der Waals surface area contributed by atoms with Crippen molar-refractivity contribution in [2.24, 2.45) is 0 Å². The molecule has 1 aromatic rings. The lowest BCUT2D eigenvalue weighted by Gasteiger charge is -2.02. The summed E-state index contributed by atoms with van der Waals surface area (Å²) in [6.07, 6.45) is 0.811. The Hall–Kier alpha value is -0.760. The van der Waals surface area contributed by atoms with E-state index in [9.17, 15) is 4.39 Å². The number of benzene rings is 1. The Bertz CT molecular complexity index is 325. The first kappa shape index (κ1) is 7.87. The fraction of sp³-hybridized carbons (Fsp3) is 0.333. The van der Waals surface area contributed by atoms with Crippen LogP contribution in [0.2, 0.25) is 5.02 Å². The summed E-state index contributed by atoms with van der Waals surface area (Å²) in [5.41, 5.74) is 1.87. The van der Waals surface area contributed by atoms with E-state index in [4.69, 9.17) is 11.6 Å². The molecule has 1 heterocycles. The molecule has 0 bridgehead atoms. The number of nitrogens with one attached hydrogen (secondary N) is 1. The van der Waals surface area contributed by atoms with E-state index in [2.05, 4.69) is 5.32 Å². The largest absolute Gasteiger partial charge is 0.382 e. The first-order chi connectivity index (χ1) is 5.68. The van der Waals surface area contributed by atoms with Crippen molar-refractivity contribution in [1.29, 1.82) is 0 Å². The zero-order valence-electron chi connectivity index (χ0n) is 6.70. The van der Waals surface area contributed by atoms with Crippen molar-refractivity contribution >= 4 is 17.3 Å². The Labute approximate surface area is 75.5 Å². The van der Waals surface area contributed by atoms with E-state index in [-0.39, 0.29) is 10.8 Å². The molecule has 3 heteroatoms. The topological polar surface area (TPSA) is 12.0 Å². The molecule has 0 amide bonds. The Morgan fingerprint density at radius 3 is 3.08 bits per heavy atom. The molecular formula is C9H9ClFN. The quantitative estimate of drug-likeness (QED) is 0.656. The lowest BCUT2D eigenvalue weighted by atomic mass is 10.1. The number of hydrogen-bond donors (Lipinski definition) is 1. The summed E-state index contributed by atoms with van der Waals surface area (Å²) in [5, 5.41) is 3.48. The van der Waals surface area contributed by atoms with Gasteiger partial charge < -0.3 is 5.32 Å². The van der Waals surface area contributed by atoms with Gasteiger partial charge >= 0.3 is 0 Å². The Kier molecular flexibility index (Phi) is 1.72. The van der Waals surface area contributed by atoms with Crippen LogP contribution in [0.15, 0.2) is 12.1 Å². The molecule has 2 rings (SSSR count). The van der Waals surface area contributed by atoms with E-state index >= 15 is 0 Å². The Balaban J connectivity index is 2.54. The van der Waals surface area contributed by atoms with Gasteiger partial charge in [0.05, 0.1) is 5.02 Å². The normalized spacial score (nSPS) is 20.4. The van der Waals surface area contributed by atoms with Crippen molar-refractivity contribution in [3.63, 3.8) is 0 Å². The summed E-state index contributed by atoms with van der Waals surface area (Å²) in [7, 11) is 0. The molecule has 1 N–H and O–H groups in total. The minimum absolute atomic E-state index is 0.268. The summed E-state index contributed by atoms with van der Waals surface area (Å²) in [5.74, 6) is -0.327. The summed E-state index contributed by atoms with van der Waals surface area (Å²) in [6, 6.07) is 3.49. The smallest absolute Gasteiger partial charge is 0.142 e. The third kappa shape index (κ3) is 1.07. The van der Waals surface area contributed by atoms with Gasteiger partial charge in [0.15, 0.2) is 0 Å². The second-order valence-electron chi connectivity index (χ2n) is 3.14. The molecule has 1 aliphatic heterocycles. The molecule has 1 aliphatic rings. The molecule has 1 aromatic carbocycles. The van der Waals surface area contributed by atoms with Gasteiger partial charge in [-0.3, -0.25) is 0 Å². The van der Waals surface area contributed by atoms with Crippen molar-refractivity contribution in [2.75, 3.05) is 5.32 Å². The van der Waals surface area contributed by atoms with Gasteiger partial charge in [-0.2, -0.15) is 0 Å². The highest BCUT2D eigenvalue weighted by atomic mass is 35.5. The molecule has 0 saturated heterocycles. The predicted octanol–water partition coefficient (Wildman–Crippen LogP) is 2.84. The molecule has 1 nitrogen and oxygen atoms in total. The van der Waals surface area contributed by atoms with Crippen LogP contribution in [0.4, 0.5) is 10.1 Å². The van der Waals surface area contributed by atoms with Crippen molar-refractivity contribution in [3.8, 4) is 0 Å². The van der Waals surface area contributed by atoms with Crippen LogP contribution in [0.1, 0.15) is 12.5 Å². The third-order valence-electron chi connectivity index (χ3n) is 2.11. The zero-order chi connectivity index (χ0) is 8.72. The average Bonchev–Trinajstić information content (AvgIpc) is 2.39. The van der Waals surface area contributed by atoms with Crippen LogP contribution in [0.3, 0.4) is 0 Å². The Morgan fingerprint density at radius 1 is 1.58 bits per heavy atom. The molecule has 1 atom stereocenters. The molecule has 0 unspecified atom stereocenters. The van der Waals surface area contributed by atoms with Gasteiger partial charge in [0, 0.05) is 11.7 Å². The number of halogens is 2. The average molecular weight is 186 g/mol. The molecule has 0 aromatic heterocycles. The highest BCUT2D eigenvalue weighted by molar-refractivity contribution is 6.32. The van der Waals surface area contributed by atoms with Gasteiger partial charge in [-0.15, -0.1) is 0 Å². The van der Waals surface area contributed by atoms with Crippen molar-refractivity contribution in [3.05, 3.63) is 28.5 Å². The van der Waals surface area contributed by atoms with Crippen LogP contribution < -0.4 is 5.32 Å². The van der Waals surface area contributed by atoms with E-state index in [1.54, 1.807) is 6.07 Å². The van der Waals surface area contributed by atoms with Gasteiger partial charge in [-0.05, 0) is 31.0 Å². The lowest BCUT2D eigenvalue weighted by Crippen LogP contribution is -2.08. The molecule has 0 fully saturated rings. The molecular weight excluding hydrogens is 177 g/mol. The summed E-state index contributed by atoms with van der Waals surface area (Å²) >= 11 is 5.79. The van der Waals surface area contributed by atoms with E-state index in [0.717, 1.165) is 17.7 Å². The number of anilines is 1. The number of hydrogen-bond acceptors (Lipinski definition) is 1. The van der Waals surface area contributed by atoms with Crippen LogP contribution in [0, 0.1) is 5.82 Å². The highest BCUT2D eigenvalue weighted by Gasteiger charge is 2.20. The van der Waals surface area contributed by atoms with Crippen molar-refractivity contribution < 1.29 is 4.39 Å². The van der Waals surface area contributed by atoms with Crippen LogP contribution in [0.5, 0.6) is 0 Å². The SMILES string of the molecule is C[C@H]1Cc2c(ccc(F)c2Cl)N1. The first-order valence-electron chi connectivity index (χ1n) is 3.92. The predicted molar refractivity (Wildman–Crippen MR) is 48.2 cm³/mol. The summed E-state index contributed by atoms with van der Waals surface area (Å²) in [4.78, 5) is 0. The second kappa shape index (κ2) is 2.63. The van der Waals surface area contributed by atoms with E-state index in [1.807, 2.05) is 6.92 Å². The molecule has 0 spiro atoms. The van der Waals surface area contributed by atoms with Crippen LogP contribution in [-0.2, 0) is 6.42 Å². The fourth-order valence-electron chi connectivity index (χ4n) is 1.55. The second-order valence-corrected chi connectivity index (χ2v) is 3.51. The van der Waals surface area contributed by atoms with Gasteiger partial charge in [0.25, 0.3) is 0 Å². The molecule has 12 heavy (non-hydrogen) atoms. The first-order valence-corrected chi connectivity index (χ1v) is 4.29. The molecule has 64 valence electrons. The van der Waals surface area contributed by atoms with Crippen LogP contribution in [0.25, 0.3) is 0 Å². The third-order valence-corrected chi connectivity index (χ3v) is 2.52. The zero-order valence-corrected chi connectivity index (χ0v) is 7.45. The van der Waals surface area contributed by atoms with Gasteiger partial charge in [-0.1, -0.05) is 11.6 Å². The summed E-state index contributed by atoms with van der Waals surface area (Å²) in [6.45, 7) is 2.05. The highest BCUT2D eigenvalue weighted by Crippen LogP contribution is 2.33. The van der Waals surface area contributed by atoms with Crippen LogP contribution >= 0.6 is 11.6 Å². The monoisotopic (exact) mass is 185 g/mol. The maximum absolute atomic E-state index is 12.9. The summed E-state index contributed by atoms with van der Waals surface area (Å²) < 4.78 is 12.9. The van der Waals surface area contributed by atoms with E-state index in [1.165, 1.54) is 6.07 Å². The van der Waals surface area contributed by atoms with Crippen molar-refractivity contribution in [1.82, 2.24) is 0 Å². The lowest BCUT2D eigenvalue weighted by molar-refractivity contribution is 0.626. The Morgan fingerprint density at radius 2 is 2.33 bits per heavy atom. The van der Waals surface area contributed by atoms with Gasteiger partial charge in [0.1, 0.15) is 5.82 Å². The maximum atomic E-state index is 12.9. The van der Waals surface area contributed by atoms with Crippen LogP contribution in [-0.4, -0.2) is 6.04 Å². The standard InChI is InChI=1S/C9H9ClFN/c1-5-4-6-8(12-5)3-2-7(11)9(6)10/h2-3,5,12H,4H2,1H3/t5-/m0/s1. The minimum atomic E-state index is -0.327.